The summed E-state index contributed by atoms with van der Waals surface area (Å²) < 4.78 is 5.51. The molecule has 4 heteroatoms. The van der Waals surface area contributed by atoms with Crippen LogP contribution in [0.25, 0.3) is 0 Å². The van der Waals surface area contributed by atoms with Gasteiger partial charge in [0.1, 0.15) is 0 Å². The van der Waals surface area contributed by atoms with Gasteiger partial charge in [-0.2, -0.15) is 0 Å². The zero-order valence-corrected chi connectivity index (χ0v) is 9.41. The Kier molecular flexibility index (Phi) is 5.61. The average Bonchev–Trinajstić information content (AvgIpc) is 2.72. The number of pyridine rings is 1. The first-order valence-electron chi connectivity index (χ1n) is 5.17. The third-order valence-corrected chi connectivity index (χ3v) is 2.43. The summed E-state index contributed by atoms with van der Waals surface area (Å²) in [5.41, 5.74) is 1.09. The highest BCUT2D eigenvalue weighted by atomic mass is 35.5. The highest BCUT2D eigenvalue weighted by molar-refractivity contribution is 5.02. The molecule has 0 bridgehead atoms. The maximum atomic E-state index is 5.51. The lowest BCUT2D eigenvalue weighted by atomic mass is 10.2. The lowest BCUT2D eigenvalue weighted by Crippen LogP contribution is -3.00. The maximum Gasteiger partial charge on any atom is 0.0700 e. The minimum absolute atomic E-state index is 0. The zero-order chi connectivity index (χ0) is 9.64. The minimum atomic E-state index is 0. The molecule has 1 unspecified atom stereocenters. The number of hydrogen-bond acceptors (Lipinski definition) is 3. The first kappa shape index (κ1) is 12.4. The third-order valence-electron chi connectivity index (χ3n) is 2.43. The Morgan fingerprint density at radius 1 is 1.47 bits per heavy atom. The number of aromatic nitrogens is 1. The molecule has 1 aliphatic heterocycles. The van der Waals surface area contributed by atoms with Gasteiger partial charge in [-0.3, -0.25) is 4.98 Å². The summed E-state index contributed by atoms with van der Waals surface area (Å²) in [5.74, 6) is 0. The molecule has 0 aromatic carbocycles. The standard InChI is InChI=1S/C11H16N2O.ClH/c1-2-6-13-10(4-1)8-12-9-11-5-3-7-14-11;/h1-2,4,6,11-12H,3,5,7-9H2;1H/p-1. The van der Waals surface area contributed by atoms with Gasteiger partial charge in [0.05, 0.1) is 11.8 Å². The van der Waals surface area contributed by atoms with E-state index in [9.17, 15) is 0 Å². The van der Waals surface area contributed by atoms with E-state index >= 15 is 0 Å². The van der Waals surface area contributed by atoms with E-state index < -0.39 is 0 Å². The molecule has 1 aromatic rings. The lowest BCUT2D eigenvalue weighted by molar-refractivity contribution is -0.00000431. The van der Waals surface area contributed by atoms with Crippen LogP contribution in [0.4, 0.5) is 0 Å². The van der Waals surface area contributed by atoms with E-state index in [-0.39, 0.29) is 12.4 Å². The van der Waals surface area contributed by atoms with Crippen LogP contribution < -0.4 is 17.7 Å². The normalized spacial score (nSPS) is 19.9. The molecule has 2 heterocycles. The first-order valence-corrected chi connectivity index (χ1v) is 5.17. The average molecular weight is 228 g/mol. The lowest BCUT2D eigenvalue weighted by Gasteiger charge is -2.09. The highest BCUT2D eigenvalue weighted by Crippen LogP contribution is 2.10. The molecule has 2 rings (SSSR count). The van der Waals surface area contributed by atoms with Gasteiger partial charge in [-0.25, -0.2) is 0 Å². The summed E-state index contributed by atoms with van der Waals surface area (Å²) in [7, 11) is 0. The van der Waals surface area contributed by atoms with Crippen molar-refractivity contribution in [2.45, 2.75) is 25.5 Å². The fourth-order valence-corrected chi connectivity index (χ4v) is 1.67. The van der Waals surface area contributed by atoms with Gasteiger partial charge in [-0.1, -0.05) is 6.07 Å². The second kappa shape index (κ2) is 6.77. The monoisotopic (exact) mass is 227 g/mol. The summed E-state index contributed by atoms with van der Waals surface area (Å²) in [6.07, 6.45) is 4.63. The van der Waals surface area contributed by atoms with Crippen molar-refractivity contribution in [3.05, 3.63) is 30.1 Å². The molecule has 0 spiro atoms. The first-order chi connectivity index (χ1) is 6.95. The van der Waals surface area contributed by atoms with E-state index in [2.05, 4.69) is 10.3 Å². The summed E-state index contributed by atoms with van der Waals surface area (Å²) in [4.78, 5) is 4.24. The number of hydrogen-bond donors (Lipinski definition) is 1. The van der Waals surface area contributed by atoms with E-state index in [4.69, 9.17) is 4.74 Å². The largest absolute Gasteiger partial charge is 1.00 e. The van der Waals surface area contributed by atoms with Gasteiger partial charge in [0.2, 0.25) is 0 Å². The molecule has 1 saturated heterocycles. The molecule has 1 aromatic heterocycles. The predicted octanol–water partition coefficient (Wildman–Crippen LogP) is -1.65. The van der Waals surface area contributed by atoms with Crippen LogP contribution in [0.5, 0.6) is 0 Å². The Morgan fingerprint density at radius 3 is 3.07 bits per heavy atom. The maximum absolute atomic E-state index is 5.51. The molecule has 0 radical (unpaired) electrons. The molecule has 0 aliphatic carbocycles. The minimum Gasteiger partial charge on any atom is -1.00 e. The smallest absolute Gasteiger partial charge is 0.0700 e. The van der Waals surface area contributed by atoms with E-state index in [1.165, 1.54) is 12.8 Å². The van der Waals surface area contributed by atoms with Crippen molar-refractivity contribution in [2.75, 3.05) is 13.2 Å². The molecule has 1 N–H and O–H groups in total. The molecule has 1 fully saturated rings. The van der Waals surface area contributed by atoms with Gasteiger partial charge in [-0.05, 0) is 25.0 Å². The quantitative estimate of drug-likeness (QED) is 0.670. The molecule has 15 heavy (non-hydrogen) atoms. The van der Waals surface area contributed by atoms with E-state index in [1.807, 2.05) is 24.4 Å². The highest BCUT2D eigenvalue weighted by Gasteiger charge is 2.14. The SMILES string of the molecule is [Cl-].c1ccc(CNCC2CCCO2)nc1. The summed E-state index contributed by atoms with van der Waals surface area (Å²) in [6, 6.07) is 5.97. The van der Waals surface area contributed by atoms with Crippen molar-refractivity contribution in [3.8, 4) is 0 Å². The molecular weight excluding hydrogens is 212 g/mol. The van der Waals surface area contributed by atoms with Crippen LogP contribution in [0.15, 0.2) is 24.4 Å². The fourth-order valence-electron chi connectivity index (χ4n) is 1.67. The molecule has 0 saturated carbocycles. The summed E-state index contributed by atoms with van der Waals surface area (Å²) >= 11 is 0. The molecule has 84 valence electrons. The van der Waals surface area contributed by atoms with Crippen molar-refractivity contribution in [2.24, 2.45) is 0 Å². The van der Waals surface area contributed by atoms with Crippen LogP contribution in [0, 0.1) is 0 Å². The fraction of sp³-hybridized carbons (Fsp3) is 0.545. The van der Waals surface area contributed by atoms with Gasteiger partial charge in [0.15, 0.2) is 0 Å². The Labute approximate surface area is 96.7 Å². The van der Waals surface area contributed by atoms with Crippen LogP contribution in [0.2, 0.25) is 0 Å². The second-order valence-electron chi connectivity index (χ2n) is 3.59. The van der Waals surface area contributed by atoms with E-state index in [1.54, 1.807) is 0 Å². The number of nitrogens with zero attached hydrogens (tertiary/aromatic N) is 1. The number of nitrogens with one attached hydrogen (secondary N) is 1. The number of halogens is 1. The van der Waals surface area contributed by atoms with Crippen molar-refractivity contribution < 1.29 is 17.1 Å². The molecule has 0 amide bonds. The van der Waals surface area contributed by atoms with Crippen molar-refractivity contribution in [1.82, 2.24) is 10.3 Å². The van der Waals surface area contributed by atoms with Crippen LogP contribution in [0.3, 0.4) is 0 Å². The van der Waals surface area contributed by atoms with Gasteiger partial charge in [0.25, 0.3) is 0 Å². The Bertz CT molecular complexity index is 263. The Morgan fingerprint density at radius 2 is 2.40 bits per heavy atom. The van der Waals surface area contributed by atoms with Gasteiger partial charge >= 0.3 is 0 Å². The predicted molar refractivity (Wildman–Crippen MR) is 54.9 cm³/mol. The molecule has 1 aliphatic rings. The van der Waals surface area contributed by atoms with Crippen LogP contribution >= 0.6 is 0 Å². The van der Waals surface area contributed by atoms with Crippen molar-refractivity contribution in [3.63, 3.8) is 0 Å². The summed E-state index contributed by atoms with van der Waals surface area (Å²) in [5, 5.41) is 3.36. The van der Waals surface area contributed by atoms with Crippen LogP contribution in [-0.4, -0.2) is 24.2 Å². The zero-order valence-electron chi connectivity index (χ0n) is 8.66. The number of ether oxygens (including phenoxy) is 1. The van der Waals surface area contributed by atoms with E-state index in [0.717, 1.165) is 25.4 Å². The molecular formula is C11H16ClN2O-. The van der Waals surface area contributed by atoms with Crippen LogP contribution in [0.1, 0.15) is 18.5 Å². The van der Waals surface area contributed by atoms with Crippen molar-refractivity contribution >= 4 is 0 Å². The van der Waals surface area contributed by atoms with Gasteiger partial charge in [0, 0.05) is 25.9 Å². The van der Waals surface area contributed by atoms with Gasteiger partial charge < -0.3 is 22.5 Å². The van der Waals surface area contributed by atoms with E-state index in [0.29, 0.717) is 6.10 Å². The number of rotatable bonds is 4. The van der Waals surface area contributed by atoms with Crippen LogP contribution in [-0.2, 0) is 11.3 Å². The van der Waals surface area contributed by atoms with Gasteiger partial charge in [-0.15, -0.1) is 0 Å². The third kappa shape index (κ3) is 4.16. The second-order valence-corrected chi connectivity index (χ2v) is 3.59. The molecule has 3 nitrogen and oxygen atoms in total. The van der Waals surface area contributed by atoms with Crippen molar-refractivity contribution in [1.29, 1.82) is 0 Å². The molecule has 1 atom stereocenters. The summed E-state index contributed by atoms with van der Waals surface area (Å²) in [6.45, 7) is 2.70. The topological polar surface area (TPSA) is 34.1 Å². The Balaban J connectivity index is 0.00000112. The Hall–Kier alpha value is -0.640.